The number of hydrogen-bond donors (Lipinski definition) is 0. The van der Waals surface area contributed by atoms with E-state index in [1.165, 1.54) is 6.20 Å². The van der Waals surface area contributed by atoms with Crippen LogP contribution in [0.25, 0.3) is 0 Å². The topological polar surface area (TPSA) is 26.0 Å². The van der Waals surface area contributed by atoms with Gasteiger partial charge in [0.05, 0.1) is 6.20 Å². The first-order valence-corrected chi connectivity index (χ1v) is 2.80. The Labute approximate surface area is 58.1 Å². The van der Waals surface area contributed by atoms with Crippen LogP contribution in [-0.4, -0.2) is 11.7 Å². The molecule has 2 nitrogen and oxygen atoms in total. The van der Waals surface area contributed by atoms with Crippen LogP contribution in [0.1, 0.15) is 11.7 Å². The molecule has 52 valence electrons. The van der Waals surface area contributed by atoms with Crippen molar-refractivity contribution in [3.8, 4) is 11.8 Å². The second-order valence-corrected chi connectivity index (χ2v) is 1.68. The Bertz CT molecular complexity index is 269. The van der Waals surface area contributed by atoms with E-state index < -0.39 is 6.67 Å². The summed E-state index contributed by atoms with van der Waals surface area (Å²) in [6, 6.07) is 0. The second-order valence-electron chi connectivity index (χ2n) is 1.68. The Hall–Kier alpha value is -1.30. The lowest BCUT2D eigenvalue weighted by Gasteiger charge is -1.75. The highest BCUT2D eigenvalue weighted by Crippen LogP contribution is 1.98. The third kappa shape index (κ3) is 1.59. The van der Waals surface area contributed by atoms with Gasteiger partial charge in [-0.25, -0.2) is 9.37 Å². The molecular formula is C7H6FNO. The van der Waals surface area contributed by atoms with E-state index in [2.05, 4.69) is 16.8 Å². The maximum Gasteiger partial charge on any atom is 0.197 e. The summed E-state index contributed by atoms with van der Waals surface area (Å²) < 4.78 is 16.4. The minimum Gasteiger partial charge on any atom is -0.433 e. The summed E-state index contributed by atoms with van der Waals surface area (Å²) in [5.41, 5.74) is 0. The predicted octanol–water partition coefficient (Wildman–Crippen LogP) is 1.30. The van der Waals surface area contributed by atoms with Crippen LogP contribution in [0.15, 0.2) is 10.6 Å². The number of aryl methyl sites for hydroxylation is 1. The minimum absolute atomic E-state index is 0.412. The van der Waals surface area contributed by atoms with Crippen LogP contribution in [0.2, 0.25) is 0 Å². The van der Waals surface area contributed by atoms with E-state index in [0.717, 1.165) is 0 Å². The van der Waals surface area contributed by atoms with Crippen LogP contribution in [0.4, 0.5) is 4.39 Å². The third-order valence-electron chi connectivity index (χ3n) is 0.900. The molecule has 3 heteroatoms. The molecule has 10 heavy (non-hydrogen) atoms. The second kappa shape index (κ2) is 3.02. The van der Waals surface area contributed by atoms with Gasteiger partial charge in [0.25, 0.3) is 0 Å². The average Bonchev–Trinajstić information content (AvgIpc) is 2.31. The van der Waals surface area contributed by atoms with Crippen molar-refractivity contribution in [1.29, 1.82) is 0 Å². The van der Waals surface area contributed by atoms with Gasteiger partial charge in [0, 0.05) is 6.92 Å². The molecule has 0 aliphatic rings. The molecule has 0 saturated carbocycles. The van der Waals surface area contributed by atoms with Crippen LogP contribution in [0.5, 0.6) is 0 Å². The van der Waals surface area contributed by atoms with Gasteiger partial charge in [0.2, 0.25) is 0 Å². The third-order valence-corrected chi connectivity index (χ3v) is 0.900. The zero-order valence-electron chi connectivity index (χ0n) is 5.52. The van der Waals surface area contributed by atoms with Gasteiger partial charge in [-0.3, -0.25) is 0 Å². The van der Waals surface area contributed by atoms with Crippen molar-refractivity contribution < 1.29 is 8.81 Å². The van der Waals surface area contributed by atoms with Gasteiger partial charge in [-0.2, -0.15) is 0 Å². The van der Waals surface area contributed by atoms with Crippen LogP contribution in [0, 0.1) is 18.8 Å². The number of aromatic nitrogens is 1. The zero-order valence-corrected chi connectivity index (χ0v) is 5.52. The highest BCUT2D eigenvalue weighted by molar-refractivity contribution is 5.22. The predicted molar refractivity (Wildman–Crippen MR) is 34.1 cm³/mol. The first-order valence-electron chi connectivity index (χ1n) is 2.80. The summed E-state index contributed by atoms with van der Waals surface area (Å²) in [7, 11) is 0. The fourth-order valence-electron chi connectivity index (χ4n) is 0.540. The fourth-order valence-corrected chi connectivity index (χ4v) is 0.540. The van der Waals surface area contributed by atoms with Crippen molar-refractivity contribution in [3.05, 3.63) is 17.8 Å². The fraction of sp³-hybridized carbons (Fsp3) is 0.286. The summed E-state index contributed by atoms with van der Waals surface area (Å²) in [6.45, 7) is 1.06. The number of halogens is 1. The Morgan fingerprint density at radius 3 is 3.10 bits per heavy atom. The standard InChI is InChI=1S/C7H6FNO/c1-6-9-5-7(10-6)3-2-4-8/h5H,4H2,1H3. The molecule has 1 aromatic rings. The Balaban J connectivity index is 2.76. The molecule has 0 aliphatic carbocycles. The first kappa shape index (κ1) is 6.81. The van der Waals surface area contributed by atoms with Gasteiger partial charge in [0.1, 0.15) is 0 Å². The lowest BCUT2D eigenvalue weighted by molar-refractivity contribution is 0.510. The van der Waals surface area contributed by atoms with E-state index in [-0.39, 0.29) is 0 Å². The van der Waals surface area contributed by atoms with Crippen molar-refractivity contribution >= 4 is 0 Å². The van der Waals surface area contributed by atoms with Gasteiger partial charge < -0.3 is 4.42 Å². The van der Waals surface area contributed by atoms with Crippen molar-refractivity contribution in [2.24, 2.45) is 0 Å². The van der Waals surface area contributed by atoms with Crippen molar-refractivity contribution in [2.75, 3.05) is 6.67 Å². The highest BCUT2D eigenvalue weighted by atomic mass is 19.1. The molecule has 0 N–H and O–H groups in total. The van der Waals surface area contributed by atoms with Crippen molar-refractivity contribution in [3.63, 3.8) is 0 Å². The molecule has 1 heterocycles. The van der Waals surface area contributed by atoms with Gasteiger partial charge in [-0.05, 0) is 5.92 Å². The SMILES string of the molecule is Cc1ncc(C#CCF)o1. The molecule has 0 atom stereocenters. The minimum atomic E-state index is -0.653. The monoisotopic (exact) mass is 139 g/mol. The van der Waals surface area contributed by atoms with E-state index in [9.17, 15) is 4.39 Å². The molecule has 0 fully saturated rings. The van der Waals surface area contributed by atoms with E-state index in [0.29, 0.717) is 11.7 Å². The summed E-state index contributed by atoms with van der Waals surface area (Å²) in [4.78, 5) is 3.78. The summed E-state index contributed by atoms with van der Waals surface area (Å²) in [5.74, 6) is 5.65. The zero-order chi connectivity index (χ0) is 7.40. The number of hydrogen-bond acceptors (Lipinski definition) is 2. The van der Waals surface area contributed by atoms with Gasteiger partial charge >= 0.3 is 0 Å². The number of alkyl halides is 1. The van der Waals surface area contributed by atoms with Crippen LogP contribution >= 0.6 is 0 Å². The molecule has 0 amide bonds. The smallest absolute Gasteiger partial charge is 0.197 e. The van der Waals surface area contributed by atoms with Crippen LogP contribution in [-0.2, 0) is 0 Å². The van der Waals surface area contributed by atoms with Gasteiger partial charge in [-0.1, -0.05) is 5.92 Å². The Morgan fingerprint density at radius 2 is 2.60 bits per heavy atom. The van der Waals surface area contributed by atoms with Crippen LogP contribution in [0.3, 0.4) is 0 Å². The molecular weight excluding hydrogens is 133 g/mol. The molecule has 0 bridgehead atoms. The molecule has 0 saturated heterocycles. The molecule has 0 radical (unpaired) electrons. The maximum absolute atomic E-state index is 11.4. The summed E-state index contributed by atoms with van der Waals surface area (Å²) in [6.07, 6.45) is 1.47. The number of rotatable bonds is 0. The molecule has 0 spiro atoms. The summed E-state index contributed by atoms with van der Waals surface area (Å²) in [5, 5.41) is 0. The van der Waals surface area contributed by atoms with Crippen molar-refractivity contribution in [1.82, 2.24) is 4.98 Å². The average molecular weight is 139 g/mol. The Morgan fingerprint density at radius 1 is 1.80 bits per heavy atom. The molecule has 1 rings (SSSR count). The van der Waals surface area contributed by atoms with Crippen molar-refractivity contribution in [2.45, 2.75) is 6.92 Å². The van der Waals surface area contributed by atoms with E-state index >= 15 is 0 Å². The first-order chi connectivity index (χ1) is 4.83. The van der Waals surface area contributed by atoms with Gasteiger partial charge in [-0.15, -0.1) is 0 Å². The quantitative estimate of drug-likeness (QED) is 0.506. The maximum atomic E-state index is 11.4. The molecule has 1 aromatic heterocycles. The number of oxazole rings is 1. The van der Waals surface area contributed by atoms with Crippen LogP contribution < -0.4 is 0 Å². The Kier molecular flexibility index (Phi) is 2.06. The van der Waals surface area contributed by atoms with E-state index in [1.807, 2.05) is 0 Å². The number of nitrogens with zero attached hydrogens (tertiary/aromatic N) is 1. The molecule has 0 aliphatic heterocycles. The summed E-state index contributed by atoms with van der Waals surface area (Å²) >= 11 is 0. The van der Waals surface area contributed by atoms with Gasteiger partial charge in [0.15, 0.2) is 18.3 Å². The molecule has 0 aromatic carbocycles. The largest absolute Gasteiger partial charge is 0.433 e. The molecule has 0 unspecified atom stereocenters. The van der Waals surface area contributed by atoms with E-state index in [1.54, 1.807) is 6.92 Å². The lowest BCUT2D eigenvalue weighted by atomic mass is 10.5. The van der Waals surface area contributed by atoms with E-state index in [4.69, 9.17) is 4.42 Å². The highest BCUT2D eigenvalue weighted by Gasteiger charge is 1.92. The lowest BCUT2D eigenvalue weighted by Crippen LogP contribution is -1.65. The normalized spacial score (nSPS) is 8.60.